The third kappa shape index (κ3) is 0.620. The van der Waals surface area contributed by atoms with Gasteiger partial charge in [0.05, 0.1) is 0 Å². The van der Waals surface area contributed by atoms with Crippen LogP contribution in [0.4, 0.5) is 0 Å². The zero-order chi connectivity index (χ0) is 7.03. The second-order valence-electron chi connectivity index (χ2n) is 3.25. The lowest BCUT2D eigenvalue weighted by molar-refractivity contribution is 0.263. The third-order valence-electron chi connectivity index (χ3n) is 2.71. The molecule has 0 heteroatoms. The van der Waals surface area contributed by atoms with Crippen LogP contribution in [0.3, 0.4) is 0 Å². The molecule has 0 radical (unpaired) electrons. The lowest BCUT2D eigenvalue weighted by Gasteiger charge is -2.41. The van der Waals surface area contributed by atoms with Gasteiger partial charge in [-0.3, -0.25) is 0 Å². The molecular weight excluding hydrogens is 120 g/mol. The van der Waals surface area contributed by atoms with Crippen LogP contribution in [0, 0.1) is 5.41 Å². The highest BCUT2D eigenvalue weighted by Gasteiger charge is 2.36. The second kappa shape index (κ2) is 1.85. The van der Waals surface area contributed by atoms with Crippen LogP contribution in [-0.2, 0) is 0 Å². The molecule has 0 N–H and O–H groups in total. The van der Waals surface area contributed by atoms with Gasteiger partial charge in [-0.05, 0) is 18.4 Å². The predicted molar refractivity (Wildman–Crippen MR) is 43.7 cm³/mol. The summed E-state index contributed by atoms with van der Waals surface area (Å²) in [6, 6.07) is 0. The van der Waals surface area contributed by atoms with Gasteiger partial charge in [0.15, 0.2) is 0 Å². The summed E-state index contributed by atoms with van der Waals surface area (Å²) in [5.74, 6) is 0. The normalized spacial score (nSPS) is 27.0. The summed E-state index contributed by atoms with van der Waals surface area (Å²) in [5.41, 5.74) is 1.70. The van der Waals surface area contributed by atoms with Crippen LogP contribution in [0.1, 0.15) is 19.3 Å². The van der Waals surface area contributed by atoms with E-state index in [1.165, 1.54) is 24.8 Å². The van der Waals surface area contributed by atoms with Gasteiger partial charge in [0.25, 0.3) is 0 Å². The summed E-state index contributed by atoms with van der Waals surface area (Å²) >= 11 is 0. The molecule has 0 heterocycles. The average Bonchev–Trinajstić information content (AvgIpc) is 1.85. The minimum Gasteiger partial charge on any atom is -0.0949 e. The molecule has 0 atom stereocenters. The van der Waals surface area contributed by atoms with Gasteiger partial charge in [-0.15, -0.1) is 0 Å². The molecule has 2 aliphatic rings. The maximum atomic E-state index is 4.05. The fourth-order valence-electron chi connectivity index (χ4n) is 1.73. The molecule has 2 rings (SSSR count). The number of rotatable bonds is 0. The quantitative estimate of drug-likeness (QED) is 0.475. The maximum absolute atomic E-state index is 4.05. The van der Waals surface area contributed by atoms with Crippen molar-refractivity contribution >= 4 is 0 Å². The number of hydrogen-bond donors (Lipinski definition) is 0. The summed E-state index contributed by atoms with van der Waals surface area (Å²) < 4.78 is 0. The minimum absolute atomic E-state index is 0.398. The average molecular weight is 132 g/mol. The highest BCUT2D eigenvalue weighted by atomic mass is 14.4. The molecule has 0 aromatic heterocycles. The zero-order valence-corrected chi connectivity index (χ0v) is 6.14. The van der Waals surface area contributed by atoms with E-state index in [9.17, 15) is 0 Å². The van der Waals surface area contributed by atoms with E-state index < -0.39 is 0 Å². The molecule has 0 amide bonds. The standard InChI is InChI=1S/C10H12/c1-9-5-2-3-6-10(9)7-4-8-10/h2-3,5-6H,1,4,7-8H2. The van der Waals surface area contributed by atoms with Crippen molar-refractivity contribution in [1.82, 2.24) is 0 Å². The Kier molecular flexibility index (Phi) is 1.10. The number of allylic oxidation sites excluding steroid dienone is 5. The van der Waals surface area contributed by atoms with Gasteiger partial charge in [0.2, 0.25) is 0 Å². The first-order valence-electron chi connectivity index (χ1n) is 3.89. The monoisotopic (exact) mass is 132 g/mol. The van der Waals surface area contributed by atoms with E-state index in [0.717, 1.165) is 0 Å². The van der Waals surface area contributed by atoms with Crippen molar-refractivity contribution in [3.8, 4) is 0 Å². The van der Waals surface area contributed by atoms with Crippen LogP contribution in [0.25, 0.3) is 0 Å². The van der Waals surface area contributed by atoms with E-state index in [0.29, 0.717) is 5.41 Å². The molecule has 1 saturated carbocycles. The van der Waals surface area contributed by atoms with Gasteiger partial charge in [-0.25, -0.2) is 0 Å². The third-order valence-corrected chi connectivity index (χ3v) is 2.71. The lowest BCUT2D eigenvalue weighted by atomic mass is 9.63. The molecular formula is C10H12. The summed E-state index contributed by atoms with van der Waals surface area (Å²) in [7, 11) is 0. The van der Waals surface area contributed by atoms with Crippen molar-refractivity contribution in [3.05, 3.63) is 36.5 Å². The fourth-order valence-corrected chi connectivity index (χ4v) is 1.73. The number of hydrogen-bond acceptors (Lipinski definition) is 0. The molecule has 0 bridgehead atoms. The van der Waals surface area contributed by atoms with Crippen LogP contribution in [0.5, 0.6) is 0 Å². The molecule has 0 aliphatic heterocycles. The molecule has 0 aromatic carbocycles. The van der Waals surface area contributed by atoms with Crippen LogP contribution < -0.4 is 0 Å². The Balaban J connectivity index is 2.29. The van der Waals surface area contributed by atoms with Gasteiger partial charge in [0, 0.05) is 5.41 Å². The topological polar surface area (TPSA) is 0 Å². The van der Waals surface area contributed by atoms with Crippen LogP contribution in [-0.4, -0.2) is 0 Å². The van der Waals surface area contributed by atoms with Crippen molar-refractivity contribution in [3.63, 3.8) is 0 Å². The zero-order valence-electron chi connectivity index (χ0n) is 6.14. The molecule has 1 spiro atoms. The molecule has 0 saturated heterocycles. The fraction of sp³-hybridized carbons (Fsp3) is 0.400. The van der Waals surface area contributed by atoms with E-state index in [2.05, 4.69) is 30.9 Å². The highest BCUT2D eigenvalue weighted by Crippen LogP contribution is 2.49. The van der Waals surface area contributed by atoms with Crippen molar-refractivity contribution in [2.45, 2.75) is 19.3 Å². The van der Waals surface area contributed by atoms with Crippen molar-refractivity contribution < 1.29 is 0 Å². The Labute approximate surface area is 61.9 Å². The largest absolute Gasteiger partial charge is 0.0949 e. The van der Waals surface area contributed by atoms with E-state index in [-0.39, 0.29) is 0 Å². The van der Waals surface area contributed by atoms with Gasteiger partial charge in [-0.2, -0.15) is 0 Å². The Morgan fingerprint density at radius 3 is 2.50 bits per heavy atom. The molecule has 0 aromatic rings. The van der Waals surface area contributed by atoms with Gasteiger partial charge >= 0.3 is 0 Å². The van der Waals surface area contributed by atoms with Gasteiger partial charge in [0.1, 0.15) is 0 Å². The van der Waals surface area contributed by atoms with Crippen molar-refractivity contribution in [1.29, 1.82) is 0 Å². The van der Waals surface area contributed by atoms with Crippen LogP contribution >= 0.6 is 0 Å². The SMILES string of the molecule is C=C1C=CC=CC12CCC2. The predicted octanol–water partition coefficient (Wildman–Crippen LogP) is 2.84. The Morgan fingerprint density at radius 1 is 1.30 bits per heavy atom. The second-order valence-corrected chi connectivity index (χ2v) is 3.25. The van der Waals surface area contributed by atoms with Crippen molar-refractivity contribution in [2.75, 3.05) is 0 Å². The molecule has 52 valence electrons. The highest BCUT2D eigenvalue weighted by molar-refractivity contribution is 5.38. The van der Waals surface area contributed by atoms with E-state index in [4.69, 9.17) is 0 Å². The Hall–Kier alpha value is -0.780. The minimum atomic E-state index is 0.398. The summed E-state index contributed by atoms with van der Waals surface area (Å²) in [4.78, 5) is 0. The van der Waals surface area contributed by atoms with E-state index in [1.54, 1.807) is 0 Å². The Morgan fingerprint density at radius 2 is 2.10 bits per heavy atom. The summed E-state index contributed by atoms with van der Waals surface area (Å²) in [6.07, 6.45) is 12.7. The lowest BCUT2D eigenvalue weighted by Crippen LogP contribution is -2.28. The Bertz CT molecular complexity index is 214. The first kappa shape index (κ1) is 5.96. The molecule has 10 heavy (non-hydrogen) atoms. The van der Waals surface area contributed by atoms with Gasteiger partial charge in [-0.1, -0.05) is 37.3 Å². The van der Waals surface area contributed by atoms with Crippen LogP contribution in [0.15, 0.2) is 36.5 Å². The van der Waals surface area contributed by atoms with Crippen LogP contribution in [0.2, 0.25) is 0 Å². The van der Waals surface area contributed by atoms with E-state index >= 15 is 0 Å². The molecule has 1 fully saturated rings. The summed E-state index contributed by atoms with van der Waals surface area (Å²) in [5, 5.41) is 0. The first-order valence-corrected chi connectivity index (χ1v) is 3.89. The summed E-state index contributed by atoms with van der Waals surface area (Å²) in [6.45, 7) is 4.05. The first-order chi connectivity index (χ1) is 4.83. The van der Waals surface area contributed by atoms with E-state index in [1.807, 2.05) is 0 Å². The van der Waals surface area contributed by atoms with Gasteiger partial charge < -0.3 is 0 Å². The maximum Gasteiger partial charge on any atom is 0.0129 e. The molecule has 0 unspecified atom stereocenters. The smallest absolute Gasteiger partial charge is 0.0129 e. The molecule has 2 aliphatic carbocycles. The van der Waals surface area contributed by atoms with Crippen molar-refractivity contribution in [2.24, 2.45) is 5.41 Å². The molecule has 0 nitrogen and oxygen atoms in total.